The van der Waals surface area contributed by atoms with Crippen molar-refractivity contribution < 1.29 is 18.7 Å². The molecule has 4 nitrogen and oxygen atoms in total. The van der Waals surface area contributed by atoms with Crippen molar-refractivity contribution >= 4 is 11.7 Å². The first kappa shape index (κ1) is 19.8. The molecule has 0 N–H and O–H groups in total. The first-order valence-corrected chi connectivity index (χ1v) is 9.94. The van der Waals surface area contributed by atoms with Crippen LogP contribution in [0.2, 0.25) is 0 Å². The van der Waals surface area contributed by atoms with Gasteiger partial charge in [0.15, 0.2) is 11.9 Å². The third-order valence-electron chi connectivity index (χ3n) is 5.33. The lowest BCUT2D eigenvalue weighted by Crippen LogP contribution is -2.43. The van der Waals surface area contributed by atoms with Crippen LogP contribution in [0.5, 0.6) is 5.75 Å². The second-order valence-corrected chi connectivity index (χ2v) is 7.40. The topological polar surface area (TPSA) is 46.6 Å². The molecule has 1 heterocycles. The van der Waals surface area contributed by atoms with E-state index in [4.69, 9.17) is 4.74 Å². The van der Waals surface area contributed by atoms with Crippen molar-refractivity contribution in [3.63, 3.8) is 0 Å². The van der Waals surface area contributed by atoms with Crippen molar-refractivity contribution in [2.45, 2.75) is 26.0 Å². The molecule has 1 aliphatic rings. The van der Waals surface area contributed by atoms with Gasteiger partial charge in [0.1, 0.15) is 11.6 Å². The summed E-state index contributed by atoms with van der Waals surface area (Å²) in [5.74, 6) is -0.122. The van der Waals surface area contributed by atoms with Crippen molar-refractivity contribution in [3.05, 3.63) is 101 Å². The first-order valence-electron chi connectivity index (χ1n) is 9.94. The van der Waals surface area contributed by atoms with Crippen LogP contribution in [0.15, 0.2) is 72.8 Å². The molecule has 5 heteroatoms. The Balaban J connectivity index is 1.39. The van der Waals surface area contributed by atoms with Crippen LogP contribution in [-0.4, -0.2) is 29.2 Å². The highest BCUT2D eigenvalue weighted by molar-refractivity contribution is 6.09. The van der Waals surface area contributed by atoms with Crippen LogP contribution in [0.25, 0.3) is 0 Å². The van der Waals surface area contributed by atoms with E-state index in [2.05, 4.69) is 12.1 Å². The molecule has 4 rings (SSSR count). The lowest BCUT2D eigenvalue weighted by Gasteiger charge is -2.31. The Morgan fingerprint density at radius 1 is 0.900 bits per heavy atom. The van der Waals surface area contributed by atoms with Gasteiger partial charge in [-0.05, 0) is 73.0 Å². The molecule has 0 radical (unpaired) electrons. The smallest absolute Gasteiger partial charge is 0.263 e. The Labute approximate surface area is 174 Å². The van der Waals surface area contributed by atoms with Crippen LogP contribution in [0.4, 0.5) is 4.39 Å². The van der Waals surface area contributed by atoms with Gasteiger partial charge in [0.2, 0.25) is 0 Å². The number of nitrogens with zero attached hydrogens (tertiary/aromatic N) is 1. The van der Waals surface area contributed by atoms with Crippen molar-refractivity contribution in [1.82, 2.24) is 4.90 Å². The number of amides is 1. The molecule has 1 atom stereocenters. The maximum absolute atomic E-state index is 13.0. The second-order valence-electron chi connectivity index (χ2n) is 7.40. The van der Waals surface area contributed by atoms with Crippen LogP contribution in [0, 0.1) is 5.82 Å². The summed E-state index contributed by atoms with van der Waals surface area (Å²) in [6.45, 7) is 3.00. The number of carbonyl (C=O) groups excluding carboxylic acids is 2. The van der Waals surface area contributed by atoms with Gasteiger partial charge in [-0.3, -0.25) is 9.59 Å². The van der Waals surface area contributed by atoms with Crippen molar-refractivity contribution in [2.75, 3.05) is 6.54 Å². The van der Waals surface area contributed by atoms with E-state index < -0.39 is 6.10 Å². The van der Waals surface area contributed by atoms with Gasteiger partial charge >= 0.3 is 0 Å². The molecule has 0 unspecified atom stereocenters. The fourth-order valence-corrected chi connectivity index (χ4v) is 3.65. The van der Waals surface area contributed by atoms with Gasteiger partial charge in [0.05, 0.1) is 0 Å². The Bertz CT molecular complexity index is 1060. The van der Waals surface area contributed by atoms with E-state index in [1.54, 1.807) is 31.2 Å². The summed E-state index contributed by atoms with van der Waals surface area (Å²) in [5, 5.41) is 0. The number of halogens is 1. The van der Waals surface area contributed by atoms with Crippen molar-refractivity contribution in [3.8, 4) is 5.75 Å². The molecule has 30 heavy (non-hydrogen) atoms. The lowest BCUT2D eigenvalue weighted by atomic mass is 9.99. The molecule has 0 fully saturated rings. The highest BCUT2D eigenvalue weighted by atomic mass is 19.1. The van der Waals surface area contributed by atoms with E-state index in [-0.39, 0.29) is 17.5 Å². The Kier molecular flexibility index (Phi) is 5.61. The summed E-state index contributed by atoms with van der Waals surface area (Å²) in [6.07, 6.45) is 0.211. The summed E-state index contributed by atoms with van der Waals surface area (Å²) in [5.41, 5.74) is 3.35. The van der Waals surface area contributed by atoms with E-state index in [1.807, 2.05) is 17.0 Å². The maximum Gasteiger partial charge on any atom is 0.263 e. The molecular weight excluding hydrogens is 381 g/mol. The molecule has 0 bridgehead atoms. The fraction of sp³-hybridized carbons (Fsp3) is 0.200. The number of carbonyl (C=O) groups is 2. The number of hydrogen-bond donors (Lipinski definition) is 0. The third kappa shape index (κ3) is 4.25. The van der Waals surface area contributed by atoms with E-state index in [9.17, 15) is 14.0 Å². The minimum atomic E-state index is -0.631. The Hall–Kier alpha value is -3.47. The Morgan fingerprint density at radius 3 is 2.17 bits per heavy atom. The first-order chi connectivity index (χ1) is 14.5. The SMILES string of the molecule is C[C@@H](Oc1ccc(C(=O)c2ccc(F)cc2)cc1)C(=O)N1CCc2ccccc2C1. The molecule has 0 aromatic heterocycles. The summed E-state index contributed by atoms with van der Waals surface area (Å²) in [6, 6.07) is 20.2. The fourth-order valence-electron chi connectivity index (χ4n) is 3.65. The minimum absolute atomic E-state index is 0.0593. The summed E-state index contributed by atoms with van der Waals surface area (Å²) >= 11 is 0. The lowest BCUT2D eigenvalue weighted by molar-refractivity contribution is -0.138. The molecule has 0 spiro atoms. The molecule has 0 saturated carbocycles. The third-order valence-corrected chi connectivity index (χ3v) is 5.33. The van der Waals surface area contributed by atoms with Gasteiger partial charge in [-0.15, -0.1) is 0 Å². The highest BCUT2D eigenvalue weighted by Gasteiger charge is 2.25. The van der Waals surface area contributed by atoms with Crippen LogP contribution in [0.1, 0.15) is 34.0 Å². The summed E-state index contributed by atoms with van der Waals surface area (Å²) in [7, 11) is 0. The zero-order valence-electron chi connectivity index (χ0n) is 16.7. The van der Waals surface area contributed by atoms with Gasteiger partial charge in [-0.2, -0.15) is 0 Å². The molecule has 3 aromatic rings. The van der Waals surface area contributed by atoms with E-state index in [0.29, 0.717) is 30.0 Å². The Morgan fingerprint density at radius 2 is 1.50 bits per heavy atom. The molecule has 152 valence electrons. The number of benzene rings is 3. The van der Waals surface area contributed by atoms with Crippen molar-refractivity contribution in [1.29, 1.82) is 0 Å². The molecular formula is C25H22FNO3. The number of fused-ring (bicyclic) bond motifs is 1. The maximum atomic E-state index is 13.0. The average molecular weight is 403 g/mol. The zero-order valence-corrected chi connectivity index (χ0v) is 16.7. The quantitative estimate of drug-likeness (QED) is 0.593. The highest BCUT2D eigenvalue weighted by Crippen LogP contribution is 2.21. The number of ketones is 1. The van der Waals surface area contributed by atoms with Gasteiger partial charge in [0.25, 0.3) is 5.91 Å². The number of ether oxygens (including phenoxy) is 1. The standard InChI is InChI=1S/C25H22FNO3/c1-17(25(29)27-15-14-18-4-2-3-5-21(18)16-27)30-23-12-8-20(9-13-23)24(28)19-6-10-22(26)11-7-19/h2-13,17H,14-16H2,1H3/t17-/m1/s1. The van der Waals surface area contributed by atoms with Crippen molar-refractivity contribution in [2.24, 2.45) is 0 Å². The molecule has 0 aliphatic carbocycles. The van der Waals surface area contributed by atoms with Crippen LogP contribution in [-0.2, 0) is 17.8 Å². The van der Waals surface area contributed by atoms with E-state index in [1.165, 1.54) is 35.4 Å². The van der Waals surface area contributed by atoms with Crippen LogP contribution in [0.3, 0.4) is 0 Å². The largest absolute Gasteiger partial charge is 0.481 e. The average Bonchev–Trinajstić information content (AvgIpc) is 2.78. The summed E-state index contributed by atoms with van der Waals surface area (Å²) < 4.78 is 18.9. The number of rotatable bonds is 5. The van der Waals surface area contributed by atoms with Gasteiger partial charge in [0, 0.05) is 24.2 Å². The van der Waals surface area contributed by atoms with E-state index in [0.717, 1.165) is 6.42 Å². The molecule has 0 saturated heterocycles. The second kappa shape index (κ2) is 8.49. The zero-order chi connectivity index (χ0) is 21.1. The predicted octanol–water partition coefficient (Wildman–Crippen LogP) is 4.41. The minimum Gasteiger partial charge on any atom is -0.481 e. The predicted molar refractivity (Wildman–Crippen MR) is 112 cm³/mol. The molecule has 3 aromatic carbocycles. The van der Waals surface area contributed by atoms with Gasteiger partial charge < -0.3 is 9.64 Å². The normalized spacial score (nSPS) is 14.0. The van der Waals surface area contributed by atoms with Crippen LogP contribution >= 0.6 is 0 Å². The number of hydrogen-bond acceptors (Lipinski definition) is 3. The van der Waals surface area contributed by atoms with Gasteiger partial charge in [-0.1, -0.05) is 24.3 Å². The molecule has 1 aliphatic heterocycles. The van der Waals surface area contributed by atoms with Gasteiger partial charge in [-0.25, -0.2) is 4.39 Å². The monoisotopic (exact) mass is 403 g/mol. The summed E-state index contributed by atoms with van der Waals surface area (Å²) in [4.78, 5) is 27.1. The van der Waals surface area contributed by atoms with E-state index >= 15 is 0 Å². The molecule has 1 amide bonds. The van der Waals surface area contributed by atoms with Crippen LogP contribution < -0.4 is 4.74 Å².